The Labute approximate surface area is 115 Å². The van der Waals surface area contributed by atoms with Gasteiger partial charge < -0.3 is 15.7 Å². The van der Waals surface area contributed by atoms with Crippen LogP contribution in [0.1, 0.15) is 46.5 Å². The van der Waals surface area contributed by atoms with Crippen LogP contribution in [0.25, 0.3) is 0 Å². The summed E-state index contributed by atoms with van der Waals surface area (Å²) in [6.07, 6.45) is 3.22. The van der Waals surface area contributed by atoms with E-state index in [0.717, 1.165) is 25.7 Å². The lowest BCUT2D eigenvalue weighted by Gasteiger charge is -2.44. The summed E-state index contributed by atoms with van der Waals surface area (Å²) in [5, 5.41) is 9.44. The lowest BCUT2D eigenvalue weighted by atomic mass is 9.76. The summed E-state index contributed by atoms with van der Waals surface area (Å²) in [4.78, 5) is 25.5. The zero-order chi connectivity index (χ0) is 14.6. The molecule has 3 N–H and O–H groups in total. The number of carbonyl (C=O) groups excluding carboxylic acids is 1. The standard InChI is InChI=1S/C14H26N2O3/c1-10(6-4-8-15)12(17)16-9-5-7-14(2,3)11(16)13(18)19/h10-11H,4-9,15H2,1-3H3,(H,18,19). The van der Waals surface area contributed by atoms with Crippen LogP contribution in [0.15, 0.2) is 0 Å². The number of carbonyl (C=O) groups is 2. The molecule has 2 unspecified atom stereocenters. The molecule has 1 fully saturated rings. The van der Waals surface area contributed by atoms with E-state index in [1.807, 2.05) is 20.8 Å². The Hall–Kier alpha value is -1.10. The molecule has 0 radical (unpaired) electrons. The molecule has 1 aliphatic rings. The quantitative estimate of drug-likeness (QED) is 0.792. The van der Waals surface area contributed by atoms with E-state index in [0.29, 0.717) is 13.1 Å². The average Bonchev–Trinajstić information content (AvgIpc) is 2.32. The summed E-state index contributed by atoms with van der Waals surface area (Å²) >= 11 is 0. The number of piperidine rings is 1. The number of hydrogen-bond donors (Lipinski definition) is 2. The molecule has 5 heteroatoms. The van der Waals surface area contributed by atoms with Crippen molar-refractivity contribution in [2.45, 2.75) is 52.5 Å². The van der Waals surface area contributed by atoms with Gasteiger partial charge in [0, 0.05) is 12.5 Å². The van der Waals surface area contributed by atoms with Gasteiger partial charge in [0.1, 0.15) is 6.04 Å². The topological polar surface area (TPSA) is 83.6 Å². The first-order valence-electron chi connectivity index (χ1n) is 7.04. The first-order valence-corrected chi connectivity index (χ1v) is 7.04. The smallest absolute Gasteiger partial charge is 0.326 e. The van der Waals surface area contributed by atoms with Gasteiger partial charge in [0.05, 0.1) is 0 Å². The van der Waals surface area contributed by atoms with Crippen molar-refractivity contribution in [3.63, 3.8) is 0 Å². The van der Waals surface area contributed by atoms with E-state index in [2.05, 4.69) is 0 Å². The molecule has 1 rings (SSSR count). The summed E-state index contributed by atoms with van der Waals surface area (Å²) in [6.45, 7) is 6.82. The largest absolute Gasteiger partial charge is 0.480 e. The summed E-state index contributed by atoms with van der Waals surface area (Å²) in [5.74, 6) is -1.10. The van der Waals surface area contributed by atoms with Gasteiger partial charge in [-0.1, -0.05) is 20.8 Å². The minimum Gasteiger partial charge on any atom is -0.480 e. The van der Waals surface area contributed by atoms with Gasteiger partial charge in [0.25, 0.3) is 0 Å². The first kappa shape index (κ1) is 16.0. The number of carboxylic acid groups (broad SMARTS) is 1. The number of carboxylic acids is 1. The molecular weight excluding hydrogens is 244 g/mol. The SMILES string of the molecule is CC(CCCN)C(=O)N1CCCC(C)(C)C1C(=O)O. The molecule has 0 bridgehead atoms. The van der Waals surface area contributed by atoms with E-state index in [1.165, 1.54) is 0 Å². The van der Waals surface area contributed by atoms with Crippen LogP contribution in [-0.2, 0) is 9.59 Å². The van der Waals surface area contributed by atoms with Crippen LogP contribution >= 0.6 is 0 Å². The van der Waals surface area contributed by atoms with Crippen LogP contribution in [0, 0.1) is 11.3 Å². The van der Waals surface area contributed by atoms with E-state index in [-0.39, 0.29) is 17.2 Å². The van der Waals surface area contributed by atoms with Crippen molar-refractivity contribution >= 4 is 11.9 Å². The predicted octanol–water partition coefficient (Wildman–Crippen LogP) is 1.46. The van der Waals surface area contributed by atoms with Crippen LogP contribution in [0.2, 0.25) is 0 Å². The van der Waals surface area contributed by atoms with Crippen molar-refractivity contribution in [2.75, 3.05) is 13.1 Å². The second-order valence-electron chi connectivity index (χ2n) is 6.20. The zero-order valence-corrected chi connectivity index (χ0v) is 12.2. The predicted molar refractivity (Wildman–Crippen MR) is 73.6 cm³/mol. The first-order chi connectivity index (χ1) is 8.81. The van der Waals surface area contributed by atoms with Gasteiger partial charge in [-0.2, -0.15) is 0 Å². The molecule has 19 heavy (non-hydrogen) atoms. The Balaban J connectivity index is 2.83. The normalized spacial score (nSPS) is 24.0. The number of hydrogen-bond acceptors (Lipinski definition) is 3. The molecule has 5 nitrogen and oxygen atoms in total. The Morgan fingerprint density at radius 1 is 1.47 bits per heavy atom. The number of likely N-dealkylation sites (tertiary alicyclic amines) is 1. The van der Waals surface area contributed by atoms with Gasteiger partial charge in [-0.05, 0) is 37.6 Å². The Morgan fingerprint density at radius 2 is 2.11 bits per heavy atom. The summed E-state index contributed by atoms with van der Waals surface area (Å²) in [7, 11) is 0. The van der Waals surface area contributed by atoms with Crippen LogP contribution in [-0.4, -0.2) is 41.0 Å². The third kappa shape index (κ3) is 3.69. The van der Waals surface area contributed by atoms with Crippen LogP contribution < -0.4 is 5.73 Å². The Bertz CT molecular complexity index is 342. The third-order valence-electron chi connectivity index (χ3n) is 4.05. The van der Waals surface area contributed by atoms with E-state index in [4.69, 9.17) is 5.73 Å². The molecule has 0 spiro atoms. The van der Waals surface area contributed by atoms with Gasteiger partial charge in [0.15, 0.2) is 0 Å². The lowest BCUT2D eigenvalue weighted by molar-refractivity contribution is -0.160. The fourth-order valence-corrected chi connectivity index (χ4v) is 2.93. The molecule has 1 heterocycles. The molecule has 0 aliphatic carbocycles. The average molecular weight is 270 g/mol. The highest BCUT2D eigenvalue weighted by atomic mass is 16.4. The highest BCUT2D eigenvalue weighted by Gasteiger charge is 2.45. The van der Waals surface area contributed by atoms with Crippen molar-refractivity contribution in [2.24, 2.45) is 17.1 Å². The Kier molecular flexibility index (Phi) is 5.35. The molecule has 1 amide bonds. The van der Waals surface area contributed by atoms with E-state index in [1.54, 1.807) is 4.90 Å². The second-order valence-corrected chi connectivity index (χ2v) is 6.20. The molecule has 1 saturated heterocycles. The maximum absolute atomic E-state index is 12.4. The fourth-order valence-electron chi connectivity index (χ4n) is 2.93. The van der Waals surface area contributed by atoms with Crippen LogP contribution in [0.4, 0.5) is 0 Å². The van der Waals surface area contributed by atoms with E-state index >= 15 is 0 Å². The molecule has 0 aromatic rings. The zero-order valence-electron chi connectivity index (χ0n) is 12.2. The van der Waals surface area contributed by atoms with Crippen molar-refractivity contribution in [1.29, 1.82) is 0 Å². The molecule has 0 aromatic carbocycles. The number of nitrogens with zero attached hydrogens (tertiary/aromatic N) is 1. The highest BCUT2D eigenvalue weighted by molar-refractivity contribution is 5.85. The van der Waals surface area contributed by atoms with Gasteiger partial charge in [-0.3, -0.25) is 4.79 Å². The van der Waals surface area contributed by atoms with Gasteiger partial charge in [-0.25, -0.2) is 4.79 Å². The lowest BCUT2D eigenvalue weighted by Crippen LogP contribution is -2.57. The molecular formula is C14H26N2O3. The van der Waals surface area contributed by atoms with E-state index < -0.39 is 12.0 Å². The third-order valence-corrected chi connectivity index (χ3v) is 4.05. The molecule has 0 saturated carbocycles. The minimum atomic E-state index is -0.899. The minimum absolute atomic E-state index is 0.0476. The highest BCUT2D eigenvalue weighted by Crippen LogP contribution is 2.36. The van der Waals surface area contributed by atoms with Crippen molar-refractivity contribution in [1.82, 2.24) is 4.90 Å². The summed E-state index contributed by atoms with van der Waals surface area (Å²) < 4.78 is 0. The van der Waals surface area contributed by atoms with Crippen molar-refractivity contribution in [3.8, 4) is 0 Å². The fraction of sp³-hybridized carbons (Fsp3) is 0.857. The molecule has 2 atom stereocenters. The van der Waals surface area contributed by atoms with Gasteiger partial charge in [0.2, 0.25) is 5.91 Å². The maximum atomic E-state index is 12.4. The maximum Gasteiger partial charge on any atom is 0.326 e. The number of nitrogens with two attached hydrogens (primary N) is 1. The van der Waals surface area contributed by atoms with Crippen LogP contribution in [0.3, 0.4) is 0 Å². The van der Waals surface area contributed by atoms with E-state index in [9.17, 15) is 14.7 Å². The molecule has 0 aromatic heterocycles. The molecule has 1 aliphatic heterocycles. The monoisotopic (exact) mass is 270 g/mol. The second kappa shape index (κ2) is 6.37. The number of rotatable bonds is 5. The van der Waals surface area contributed by atoms with Crippen molar-refractivity contribution in [3.05, 3.63) is 0 Å². The number of amides is 1. The Morgan fingerprint density at radius 3 is 2.63 bits per heavy atom. The summed E-state index contributed by atoms with van der Waals surface area (Å²) in [6, 6.07) is -0.714. The number of aliphatic carboxylic acids is 1. The summed E-state index contributed by atoms with van der Waals surface area (Å²) in [5.41, 5.74) is 5.09. The van der Waals surface area contributed by atoms with Gasteiger partial charge >= 0.3 is 5.97 Å². The van der Waals surface area contributed by atoms with Crippen LogP contribution in [0.5, 0.6) is 0 Å². The van der Waals surface area contributed by atoms with Crippen molar-refractivity contribution < 1.29 is 14.7 Å². The molecule has 110 valence electrons. The van der Waals surface area contributed by atoms with Gasteiger partial charge in [-0.15, -0.1) is 0 Å².